The zero-order valence-corrected chi connectivity index (χ0v) is 14.4. The number of hydrogen-bond donors (Lipinski definition) is 2. The molecule has 1 aromatic heterocycles. The largest absolute Gasteiger partial charge is 0.497 e. The molecule has 1 aliphatic rings. The zero-order chi connectivity index (χ0) is 17.3. The van der Waals surface area contributed by atoms with Crippen LogP contribution in [0, 0.1) is 6.92 Å². The van der Waals surface area contributed by atoms with E-state index in [0.29, 0.717) is 12.1 Å². The van der Waals surface area contributed by atoms with E-state index in [0.717, 1.165) is 29.8 Å². The third-order valence-corrected chi connectivity index (χ3v) is 5.02. The van der Waals surface area contributed by atoms with Gasteiger partial charge in [-0.1, -0.05) is 12.1 Å². The highest BCUT2D eigenvalue weighted by atomic mass is 16.5. The second kappa shape index (κ2) is 6.32. The average molecular weight is 328 g/mol. The van der Waals surface area contributed by atoms with Crippen LogP contribution in [0.4, 0.5) is 0 Å². The van der Waals surface area contributed by atoms with Crippen molar-refractivity contribution in [1.29, 1.82) is 0 Å². The minimum absolute atomic E-state index is 0.0231. The number of carbonyl (C=O) groups excluding carboxylic acids is 1. The van der Waals surface area contributed by atoms with E-state index < -0.39 is 5.60 Å². The van der Waals surface area contributed by atoms with Crippen LogP contribution in [-0.4, -0.2) is 40.6 Å². The molecule has 5 nitrogen and oxygen atoms in total. The highest BCUT2D eigenvalue weighted by Crippen LogP contribution is 2.36. The second-order valence-corrected chi connectivity index (χ2v) is 6.55. The maximum atomic E-state index is 12.9. The van der Waals surface area contributed by atoms with E-state index in [1.807, 2.05) is 31.2 Å². The number of rotatable bonds is 4. The molecule has 0 aliphatic carbocycles. The molecule has 1 amide bonds. The van der Waals surface area contributed by atoms with E-state index in [1.54, 1.807) is 31.2 Å². The summed E-state index contributed by atoms with van der Waals surface area (Å²) in [5.74, 6) is 0.724. The molecule has 2 heterocycles. The van der Waals surface area contributed by atoms with Crippen LogP contribution in [0.25, 0.3) is 0 Å². The lowest BCUT2D eigenvalue weighted by molar-refractivity contribution is -0.0177. The summed E-state index contributed by atoms with van der Waals surface area (Å²) in [5, 5.41) is 11.2. The third-order valence-electron chi connectivity index (χ3n) is 5.02. The highest BCUT2D eigenvalue weighted by molar-refractivity contribution is 5.95. The second-order valence-electron chi connectivity index (χ2n) is 6.55. The van der Waals surface area contributed by atoms with Gasteiger partial charge in [-0.15, -0.1) is 0 Å². The number of hydrogen-bond acceptors (Lipinski definition) is 3. The number of amides is 1. The summed E-state index contributed by atoms with van der Waals surface area (Å²) in [6, 6.07) is 8.95. The molecule has 1 aromatic carbocycles. The third kappa shape index (κ3) is 2.80. The number of methoxy groups -OCH3 is 1. The van der Waals surface area contributed by atoms with Crippen LogP contribution in [0.3, 0.4) is 0 Å². The molecule has 2 aromatic rings. The van der Waals surface area contributed by atoms with Gasteiger partial charge in [-0.2, -0.15) is 0 Å². The van der Waals surface area contributed by atoms with E-state index in [-0.39, 0.29) is 11.9 Å². The number of nitrogens with zero attached hydrogens (tertiary/aromatic N) is 1. The van der Waals surface area contributed by atoms with Gasteiger partial charge in [0.1, 0.15) is 11.4 Å². The van der Waals surface area contributed by atoms with E-state index in [2.05, 4.69) is 4.98 Å². The molecule has 0 saturated carbocycles. The fraction of sp³-hybridized carbons (Fsp3) is 0.421. The molecule has 3 rings (SSSR count). The number of aryl methyl sites for hydroxylation is 1. The van der Waals surface area contributed by atoms with Crippen LogP contribution in [0.5, 0.6) is 5.75 Å². The first-order valence-corrected chi connectivity index (χ1v) is 8.27. The van der Waals surface area contributed by atoms with Gasteiger partial charge >= 0.3 is 0 Å². The fourth-order valence-electron chi connectivity index (χ4n) is 3.55. The Morgan fingerprint density at radius 3 is 2.62 bits per heavy atom. The summed E-state index contributed by atoms with van der Waals surface area (Å²) in [7, 11) is 1.61. The molecule has 5 heteroatoms. The average Bonchev–Trinajstić information content (AvgIpc) is 3.23. The van der Waals surface area contributed by atoms with Gasteiger partial charge in [0.15, 0.2) is 0 Å². The SMILES string of the molecule is COc1ccc([C@](C)(O)[C@H]2CCCN2C(=O)c2cc[nH]c2C)cc1. The molecule has 1 saturated heterocycles. The van der Waals surface area contributed by atoms with Gasteiger partial charge in [0.2, 0.25) is 0 Å². The topological polar surface area (TPSA) is 65.6 Å². The first-order chi connectivity index (χ1) is 11.4. The maximum Gasteiger partial charge on any atom is 0.256 e. The van der Waals surface area contributed by atoms with Crippen molar-refractivity contribution in [2.24, 2.45) is 0 Å². The Hall–Kier alpha value is -2.27. The van der Waals surface area contributed by atoms with Gasteiger partial charge in [-0.3, -0.25) is 4.79 Å². The lowest BCUT2D eigenvalue weighted by atomic mass is 9.86. The number of ether oxygens (including phenoxy) is 1. The number of aromatic nitrogens is 1. The Kier molecular flexibility index (Phi) is 4.37. The van der Waals surface area contributed by atoms with Crippen molar-refractivity contribution in [3.63, 3.8) is 0 Å². The van der Waals surface area contributed by atoms with Crippen LogP contribution in [0.1, 0.15) is 41.4 Å². The number of benzene rings is 1. The minimum Gasteiger partial charge on any atom is -0.497 e. The van der Waals surface area contributed by atoms with Gasteiger partial charge in [0.25, 0.3) is 5.91 Å². The normalized spacial score (nSPS) is 20.0. The molecule has 128 valence electrons. The molecular formula is C19H24N2O3. The molecule has 2 N–H and O–H groups in total. The number of aliphatic hydroxyl groups is 1. The van der Waals surface area contributed by atoms with E-state index in [1.165, 1.54) is 0 Å². The monoisotopic (exact) mass is 328 g/mol. The standard InChI is InChI=1S/C19H24N2O3/c1-13-16(10-11-20-13)18(22)21-12-4-5-17(21)19(2,23)14-6-8-15(24-3)9-7-14/h6-11,17,20,23H,4-5,12H2,1-3H3/t17-,19+/m1/s1. The molecule has 0 unspecified atom stereocenters. The smallest absolute Gasteiger partial charge is 0.256 e. The predicted octanol–water partition coefficient (Wildman–Crippen LogP) is 2.84. The Balaban J connectivity index is 1.88. The van der Waals surface area contributed by atoms with Gasteiger partial charge in [-0.25, -0.2) is 0 Å². The summed E-state index contributed by atoms with van der Waals surface area (Å²) in [6.45, 7) is 4.34. The zero-order valence-electron chi connectivity index (χ0n) is 14.4. The Bertz CT molecular complexity index is 718. The Morgan fingerprint density at radius 2 is 2.04 bits per heavy atom. The first kappa shape index (κ1) is 16.6. The van der Waals surface area contributed by atoms with Gasteiger partial charge in [-0.05, 0) is 50.5 Å². The molecule has 1 fully saturated rings. The maximum absolute atomic E-state index is 12.9. The quantitative estimate of drug-likeness (QED) is 0.907. The number of nitrogens with one attached hydrogen (secondary N) is 1. The summed E-state index contributed by atoms with van der Waals surface area (Å²) in [4.78, 5) is 17.7. The Morgan fingerprint density at radius 1 is 1.33 bits per heavy atom. The number of carbonyl (C=O) groups is 1. The number of H-pyrrole nitrogens is 1. The van der Waals surface area contributed by atoms with E-state index >= 15 is 0 Å². The van der Waals surface area contributed by atoms with Gasteiger partial charge in [0, 0.05) is 18.4 Å². The van der Waals surface area contributed by atoms with Crippen LogP contribution >= 0.6 is 0 Å². The van der Waals surface area contributed by atoms with Crippen molar-refractivity contribution in [3.05, 3.63) is 53.3 Å². The highest BCUT2D eigenvalue weighted by Gasteiger charge is 2.43. The van der Waals surface area contributed by atoms with Crippen LogP contribution in [0.15, 0.2) is 36.5 Å². The number of likely N-dealkylation sites (tertiary alicyclic amines) is 1. The fourth-order valence-corrected chi connectivity index (χ4v) is 3.55. The lowest BCUT2D eigenvalue weighted by Gasteiger charge is -2.37. The molecule has 0 spiro atoms. The summed E-state index contributed by atoms with van der Waals surface area (Å²) in [5.41, 5.74) is 1.21. The molecule has 0 radical (unpaired) electrons. The van der Waals surface area contributed by atoms with Crippen molar-refractivity contribution in [2.75, 3.05) is 13.7 Å². The van der Waals surface area contributed by atoms with Crippen LogP contribution < -0.4 is 4.74 Å². The van der Waals surface area contributed by atoms with E-state index in [4.69, 9.17) is 4.74 Å². The Labute approximate surface area is 142 Å². The van der Waals surface area contributed by atoms with Crippen molar-refractivity contribution in [2.45, 2.75) is 38.3 Å². The summed E-state index contributed by atoms with van der Waals surface area (Å²) >= 11 is 0. The van der Waals surface area contributed by atoms with Crippen molar-refractivity contribution < 1.29 is 14.6 Å². The van der Waals surface area contributed by atoms with Crippen molar-refractivity contribution in [1.82, 2.24) is 9.88 Å². The summed E-state index contributed by atoms with van der Waals surface area (Å²) < 4.78 is 5.18. The van der Waals surface area contributed by atoms with Crippen molar-refractivity contribution in [3.8, 4) is 5.75 Å². The molecule has 0 bridgehead atoms. The molecular weight excluding hydrogens is 304 g/mol. The lowest BCUT2D eigenvalue weighted by Crippen LogP contribution is -2.48. The van der Waals surface area contributed by atoms with Crippen LogP contribution in [-0.2, 0) is 5.60 Å². The van der Waals surface area contributed by atoms with Gasteiger partial charge in [0.05, 0.1) is 18.7 Å². The first-order valence-electron chi connectivity index (χ1n) is 8.27. The van der Waals surface area contributed by atoms with Crippen LogP contribution in [0.2, 0.25) is 0 Å². The molecule has 24 heavy (non-hydrogen) atoms. The van der Waals surface area contributed by atoms with E-state index in [9.17, 15) is 9.90 Å². The number of aromatic amines is 1. The molecule has 2 atom stereocenters. The van der Waals surface area contributed by atoms with Crippen molar-refractivity contribution >= 4 is 5.91 Å². The summed E-state index contributed by atoms with van der Waals surface area (Å²) in [6.07, 6.45) is 3.45. The minimum atomic E-state index is -1.11. The van der Waals surface area contributed by atoms with Gasteiger partial charge < -0.3 is 19.7 Å². The predicted molar refractivity (Wildman–Crippen MR) is 92.2 cm³/mol. The molecule has 1 aliphatic heterocycles.